The van der Waals surface area contributed by atoms with Crippen LogP contribution in [0.4, 0.5) is 0 Å². The van der Waals surface area contributed by atoms with Crippen LogP contribution in [0.1, 0.15) is 36.3 Å². The van der Waals surface area contributed by atoms with Crippen molar-refractivity contribution in [3.63, 3.8) is 0 Å². The van der Waals surface area contributed by atoms with Crippen LogP contribution in [0.25, 0.3) is 10.9 Å². The first-order valence-electron chi connectivity index (χ1n) is 9.37. The molecule has 0 aliphatic heterocycles. The average molecular weight is 365 g/mol. The first-order chi connectivity index (χ1) is 13.2. The number of carbonyl (C=O) groups is 1. The number of ether oxygens (including phenoxy) is 2. The number of aryl methyl sites for hydroxylation is 1. The number of carboxylic acid groups (broad SMARTS) is 1. The molecule has 1 aliphatic rings. The third-order valence-corrected chi connectivity index (χ3v) is 5.11. The Kier molecular flexibility index (Phi) is 5.01. The van der Waals surface area contributed by atoms with Gasteiger partial charge in [0.15, 0.2) is 0 Å². The summed E-state index contributed by atoms with van der Waals surface area (Å²) in [5.41, 5.74) is 3.45. The maximum absolute atomic E-state index is 11.0. The van der Waals surface area contributed by atoms with Crippen molar-refractivity contribution in [2.75, 3.05) is 13.2 Å². The molecule has 0 spiro atoms. The van der Waals surface area contributed by atoms with E-state index >= 15 is 0 Å². The van der Waals surface area contributed by atoms with Crippen molar-refractivity contribution in [1.29, 1.82) is 0 Å². The smallest absolute Gasteiger partial charge is 0.303 e. The zero-order valence-corrected chi connectivity index (χ0v) is 15.1. The monoisotopic (exact) mass is 365 g/mol. The van der Waals surface area contributed by atoms with Gasteiger partial charge in [0.2, 0.25) is 0 Å². The molecule has 5 heteroatoms. The van der Waals surface area contributed by atoms with Gasteiger partial charge in [-0.3, -0.25) is 4.79 Å². The molecule has 0 bridgehead atoms. The standard InChI is InChI=1S/C22H23NO4/c24-22(25)14-16-6-5-15-13-17(7-8-18(15)16)26-11-2-12-27-21-4-1-3-20-19(21)9-10-23-20/h1,3-4,7-10,13,16,23H,2,5-6,11-12,14H2,(H,24,25)/t16-/m0/s1. The van der Waals surface area contributed by atoms with Crippen LogP contribution >= 0.6 is 0 Å². The van der Waals surface area contributed by atoms with E-state index < -0.39 is 5.97 Å². The number of fused-ring (bicyclic) bond motifs is 2. The normalized spacial score (nSPS) is 15.6. The van der Waals surface area contributed by atoms with Gasteiger partial charge in [0.25, 0.3) is 0 Å². The molecule has 140 valence electrons. The summed E-state index contributed by atoms with van der Waals surface area (Å²) < 4.78 is 11.7. The van der Waals surface area contributed by atoms with Crippen molar-refractivity contribution in [2.45, 2.75) is 31.6 Å². The van der Waals surface area contributed by atoms with Gasteiger partial charge in [-0.2, -0.15) is 0 Å². The van der Waals surface area contributed by atoms with E-state index in [0.29, 0.717) is 13.2 Å². The van der Waals surface area contributed by atoms with Crippen molar-refractivity contribution < 1.29 is 19.4 Å². The van der Waals surface area contributed by atoms with Gasteiger partial charge in [-0.25, -0.2) is 0 Å². The summed E-state index contributed by atoms with van der Waals surface area (Å²) in [4.78, 5) is 14.1. The largest absolute Gasteiger partial charge is 0.493 e. The summed E-state index contributed by atoms with van der Waals surface area (Å²) in [6.07, 6.45) is 4.74. The Balaban J connectivity index is 1.26. The van der Waals surface area contributed by atoms with Gasteiger partial charge in [-0.05, 0) is 60.2 Å². The predicted molar refractivity (Wildman–Crippen MR) is 104 cm³/mol. The minimum Gasteiger partial charge on any atom is -0.493 e. The highest BCUT2D eigenvalue weighted by Gasteiger charge is 2.24. The average Bonchev–Trinajstić information content (AvgIpc) is 3.28. The van der Waals surface area contributed by atoms with Crippen molar-refractivity contribution in [3.8, 4) is 11.5 Å². The van der Waals surface area contributed by atoms with Crippen molar-refractivity contribution in [2.24, 2.45) is 0 Å². The number of hydrogen-bond donors (Lipinski definition) is 2. The molecule has 0 unspecified atom stereocenters. The first kappa shape index (κ1) is 17.5. The molecule has 2 aromatic carbocycles. The minimum atomic E-state index is -0.733. The van der Waals surface area contributed by atoms with Gasteiger partial charge in [0, 0.05) is 23.5 Å². The fourth-order valence-electron chi connectivity index (χ4n) is 3.81. The first-order valence-corrected chi connectivity index (χ1v) is 9.37. The van der Waals surface area contributed by atoms with E-state index in [1.807, 2.05) is 42.6 Å². The highest BCUT2D eigenvalue weighted by Crippen LogP contribution is 2.37. The number of aliphatic carboxylic acids is 1. The molecule has 1 aliphatic carbocycles. The van der Waals surface area contributed by atoms with Gasteiger partial charge in [0.05, 0.1) is 19.6 Å². The summed E-state index contributed by atoms with van der Waals surface area (Å²) in [7, 11) is 0. The van der Waals surface area contributed by atoms with Crippen LogP contribution in [0.3, 0.4) is 0 Å². The lowest BCUT2D eigenvalue weighted by molar-refractivity contribution is -0.137. The lowest BCUT2D eigenvalue weighted by Crippen LogP contribution is -2.05. The molecule has 0 amide bonds. The van der Waals surface area contributed by atoms with Crippen LogP contribution in [0, 0.1) is 0 Å². The second kappa shape index (κ2) is 7.74. The highest BCUT2D eigenvalue weighted by molar-refractivity contribution is 5.85. The third kappa shape index (κ3) is 3.92. The van der Waals surface area contributed by atoms with Crippen LogP contribution in [-0.4, -0.2) is 29.3 Å². The summed E-state index contributed by atoms with van der Waals surface area (Å²) in [6, 6.07) is 14.0. The molecule has 2 N–H and O–H groups in total. The lowest BCUT2D eigenvalue weighted by Gasteiger charge is -2.11. The number of hydrogen-bond acceptors (Lipinski definition) is 3. The van der Waals surface area contributed by atoms with Gasteiger partial charge in [-0.1, -0.05) is 12.1 Å². The summed E-state index contributed by atoms with van der Waals surface area (Å²) in [6.45, 7) is 1.18. The van der Waals surface area contributed by atoms with Crippen molar-refractivity contribution >= 4 is 16.9 Å². The molecule has 4 rings (SSSR count). The van der Waals surface area contributed by atoms with Gasteiger partial charge in [0.1, 0.15) is 11.5 Å². The molecule has 27 heavy (non-hydrogen) atoms. The zero-order chi connectivity index (χ0) is 18.6. The van der Waals surface area contributed by atoms with Gasteiger partial charge >= 0.3 is 5.97 Å². The van der Waals surface area contributed by atoms with E-state index in [-0.39, 0.29) is 12.3 Å². The molecule has 3 aromatic rings. The van der Waals surface area contributed by atoms with E-state index in [4.69, 9.17) is 14.6 Å². The lowest BCUT2D eigenvalue weighted by atomic mass is 9.98. The third-order valence-electron chi connectivity index (χ3n) is 5.11. The number of nitrogens with one attached hydrogen (secondary N) is 1. The number of H-pyrrole nitrogens is 1. The van der Waals surface area contributed by atoms with Gasteiger partial charge in [-0.15, -0.1) is 0 Å². The van der Waals surface area contributed by atoms with E-state index in [0.717, 1.165) is 47.2 Å². The second-order valence-electron chi connectivity index (χ2n) is 6.94. The van der Waals surface area contributed by atoms with Gasteiger partial charge < -0.3 is 19.6 Å². The number of benzene rings is 2. The van der Waals surface area contributed by atoms with Crippen LogP contribution in [-0.2, 0) is 11.2 Å². The van der Waals surface area contributed by atoms with Crippen LogP contribution in [0.2, 0.25) is 0 Å². The Morgan fingerprint density at radius 1 is 1.15 bits per heavy atom. The number of aromatic nitrogens is 1. The van der Waals surface area contributed by atoms with Crippen LogP contribution in [0.15, 0.2) is 48.7 Å². The topological polar surface area (TPSA) is 71.6 Å². The number of carboxylic acids is 1. The predicted octanol–water partition coefficient (Wildman–Crippen LogP) is 4.52. The molecule has 0 saturated heterocycles. The molecule has 1 heterocycles. The summed E-state index contributed by atoms with van der Waals surface area (Å²) in [5, 5.41) is 10.1. The second-order valence-corrected chi connectivity index (χ2v) is 6.94. The maximum atomic E-state index is 11.0. The van der Waals surface area contributed by atoms with Crippen molar-refractivity contribution in [1.82, 2.24) is 4.98 Å². The van der Waals surface area contributed by atoms with Crippen LogP contribution in [0.5, 0.6) is 11.5 Å². The van der Waals surface area contributed by atoms with Crippen LogP contribution < -0.4 is 9.47 Å². The van der Waals surface area contributed by atoms with E-state index in [1.165, 1.54) is 5.56 Å². The number of rotatable bonds is 8. The molecule has 0 fully saturated rings. The minimum absolute atomic E-state index is 0.135. The van der Waals surface area contributed by atoms with E-state index in [2.05, 4.69) is 11.1 Å². The fraction of sp³-hybridized carbons (Fsp3) is 0.318. The molecule has 5 nitrogen and oxygen atoms in total. The maximum Gasteiger partial charge on any atom is 0.303 e. The van der Waals surface area contributed by atoms with Crippen molar-refractivity contribution in [3.05, 3.63) is 59.8 Å². The molecule has 1 aromatic heterocycles. The highest BCUT2D eigenvalue weighted by atomic mass is 16.5. The Morgan fingerprint density at radius 2 is 2.04 bits per heavy atom. The Bertz CT molecular complexity index is 946. The molecule has 0 saturated carbocycles. The molecule has 1 atom stereocenters. The quantitative estimate of drug-likeness (QED) is 0.576. The molecular formula is C22H23NO4. The summed E-state index contributed by atoms with van der Waals surface area (Å²) >= 11 is 0. The SMILES string of the molecule is O=C(O)C[C@@H]1CCc2cc(OCCCOc3cccc4[nH]ccc34)ccc21. The van der Waals surface area contributed by atoms with E-state index in [1.54, 1.807) is 0 Å². The molecular weight excluding hydrogens is 342 g/mol. The fourth-order valence-corrected chi connectivity index (χ4v) is 3.81. The molecule has 0 radical (unpaired) electrons. The Hall–Kier alpha value is -2.95. The zero-order valence-electron chi connectivity index (χ0n) is 15.1. The van der Waals surface area contributed by atoms with E-state index in [9.17, 15) is 4.79 Å². The number of aromatic amines is 1. The summed E-state index contributed by atoms with van der Waals surface area (Å²) in [5.74, 6) is 1.13. The Morgan fingerprint density at radius 3 is 2.93 bits per heavy atom. The Labute approximate surface area is 157 Å².